The molecule has 5 nitrogen and oxygen atoms in total. The summed E-state index contributed by atoms with van der Waals surface area (Å²) >= 11 is 1.64. The molecule has 6 heteroatoms. The molecule has 0 saturated carbocycles. The van der Waals surface area contributed by atoms with Crippen LogP contribution in [0.5, 0.6) is 0 Å². The number of ether oxygens (including phenoxy) is 5. The molecule has 1 aliphatic heterocycles. The van der Waals surface area contributed by atoms with Crippen molar-refractivity contribution in [2.24, 2.45) is 0 Å². The zero-order chi connectivity index (χ0) is 31.2. The third kappa shape index (κ3) is 9.39. The molecule has 5 aromatic carbocycles. The quantitative estimate of drug-likeness (QED) is 0.115. The molecule has 1 fully saturated rings. The Morgan fingerprint density at radius 1 is 0.435 bits per heavy atom. The topological polar surface area (TPSA) is 46.2 Å². The van der Waals surface area contributed by atoms with Gasteiger partial charge in [0.2, 0.25) is 0 Å². The van der Waals surface area contributed by atoms with Crippen LogP contribution in [0.2, 0.25) is 0 Å². The summed E-state index contributed by atoms with van der Waals surface area (Å²) in [7, 11) is 0. The highest BCUT2D eigenvalue weighted by Gasteiger charge is 2.48. The monoisotopic (exact) mass is 632 g/mol. The molecule has 1 saturated heterocycles. The average Bonchev–Trinajstić information content (AvgIpc) is 3.12. The maximum atomic E-state index is 6.92. The molecule has 1 heterocycles. The van der Waals surface area contributed by atoms with E-state index in [0.29, 0.717) is 33.0 Å². The highest BCUT2D eigenvalue weighted by atomic mass is 32.2. The molecule has 0 aromatic heterocycles. The van der Waals surface area contributed by atoms with Crippen molar-refractivity contribution >= 4 is 11.8 Å². The molecular formula is C40H40O5S. The van der Waals surface area contributed by atoms with Crippen LogP contribution in [0.1, 0.15) is 22.3 Å². The van der Waals surface area contributed by atoms with E-state index in [1.807, 2.05) is 91.0 Å². The molecule has 236 valence electrons. The minimum Gasteiger partial charge on any atom is -0.374 e. The fourth-order valence-electron chi connectivity index (χ4n) is 5.48. The second-order valence-corrected chi connectivity index (χ2v) is 12.4. The third-order valence-electron chi connectivity index (χ3n) is 7.84. The molecule has 0 radical (unpaired) electrons. The fourth-order valence-corrected chi connectivity index (χ4v) is 6.62. The van der Waals surface area contributed by atoms with Gasteiger partial charge in [0.25, 0.3) is 0 Å². The number of hydrogen-bond acceptors (Lipinski definition) is 6. The van der Waals surface area contributed by atoms with Gasteiger partial charge in [-0.3, -0.25) is 0 Å². The number of rotatable bonds is 15. The van der Waals surface area contributed by atoms with Crippen molar-refractivity contribution in [1.29, 1.82) is 0 Å². The molecule has 5 aromatic rings. The van der Waals surface area contributed by atoms with Crippen LogP contribution in [0.25, 0.3) is 0 Å². The maximum absolute atomic E-state index is 6.92. The van der Waals surface area contributed by atoms with Gasteiger partial charge in [0.05, 0.1) is 33.0 Å². The molecule has 46 heavy (non-hydrogen) atoms. The van der Waals surface area contributed by atoms with Gasteiger partial charge in [0.1, 0.15) is 29.9 Å². The summed E-state index contributed by atoms with van der Waals surface area (Å²) in [4.78, 5) is 1.09. The van der Waals surface area contributed by atoms with Crippen molar-refractivity contribution in [3.8, 4) is 0 Å². The summed E-state index contributed by atoms with van der Waals surface area (Å²) in [6.07, 6.45) is -1.72. The molecule has 0 amide bonds. The lowest BCUT2D eigenvalue weighted by Gasteiger charge is -2.46. The van der Waals surface area contributed by atoms with E-state index < -0.39 is 24.4 Å². The molecule has 0 bridgehead atoms. The number of hydrogen-bond donors (Lipinski definition) is 0. The zero-order valence-electron chi connectivity index (χ0n) is 25.8. The van der Waals surface area contributed by atoms with E-state index in [1.54, 1.807) is 11.8 Å². The van der Waals surface area contributed by atoms with E-state index in [2.05, 4.69) is 60.7 Å². The van der Waals surface area contributed by atoms with Crippen LogP contribution < -0.4 is 0 Å². The fraction of sp³-hybridized carbons (Fsp3) is 0.250. The first kappa shape index (κ1) is 32.2. The van der Waals surface area contributed by atoms with Crippen LogP contribution in [0.4, 0.5) is 0 Å². The van der Waals surface area contributed by atoms with Crippen LogP contribution in [0, 0.1) is 0 Å². The highest BCUT2D eigenvalue weighted by molar-refractivity contribution is 7.99. The van der Waals surface area contributed by atoms with Gasteiger partial charge in [-0.1, -0.05) is 151 Å². The third-order valence-corrected chi connectivity index (χ3v) is 8.99. The molecule has 6 rings (SSSR count). The van der Waals surface area contributed by atoms with Crippen LogP contribution in [0.3, 0.4) is 0 Å². The number of thioether (sulfide) groups is 1. The predicted octanol–water partition coefficient (Wildman–Crippen LogP) is 8.48. The van der Waals surface area contributed by atoms with E-state index in [1.165, 1.54) is 0 Å². The molecule has 0 N–H and O–H groups in total. The second kappa shape index (κ2) is 17.2. The maximum Gasteiger partial charge on any atom is 0.137 e. The summed E-state index contributed by atoms with van der Waals surface area (Å²) in [6.45, 7) is 2.08. The summed E-state index contributed by atoms with van der Waals surface area (Å²) in [6, 6.07) is 51.2. The normalized spacial score (nSPS) is 21.2. The Morgan fingerprint density at radius 3 is 1.30 bits per heavy atom. The van der Waals surface area contributed by atoms with E-state index in [-0.39, 0.29) is 5.44 Å². The molecule has 1 aliphatic rings. The van der Waals surface area contributed by atoms with Crippen LogP contribution in [-0.4, -0.2) is 36.5 Å². The Morgan fingerprint density at radius 2 is 0.826 bits per heavy atom. The molecule has 5 unspecified atom stereocenters. The average molecular weight is 633 g/mol. The largest absolute Gasteiger partial charge is 0.374 e. The second-order valence-electron chi connectivity index (χ2n) is 11.3. The minimum absolute atomic E-state index is 0.344. The first-order valence-electron chi connectivity index (χ1n) is 15.8. The van der Waals surface area contributed by atoms with Gasteiger partial charge in [-0.25, -0.2) is 0 Å². The van der Waals surface area contributed by atoms with E-state index in [4.69, 9.17) is 23.7 Å². The first-order chi connectivity index (χ1) is 22.8. The lowest BCUT2D eigenvalue weighted by molar-refractivity contribution is -0.254. The first-order valence-corrected chi connectivity index (χ1v) is 16.7. The summed E-state index contributed by atoms with van der Waals surface area (Å²) < 4.78 is 33.6. The highest BCUT2D eigenvalue weighted by Crippen LogP contribution is 2.38. The molecular weight excluding hydrogens is 593 g/mol. The van der Waals surface area contributed by atoms with Crippen molar-refractivity contribution in [1.82, 2.24) is 0 Å². The van der Waals surface area contributed by atoms with Crippen molar-refractivity contribution < 1.29 is 23.7 Å². The lowest BCUT2D eigenvalue weighted by atomic mass is 9.98. The Bertz CT molecular complexity index is 1540. The molecule has 5 atom stereocenters. The summed E-state index contributed by atoms with van der Waals surface area (Å²) in [5, 5.41) is 0. The molecule has 0 spiro atoms. The van der Waals surface area contributed by atoms with Gasteiger partial charge in [-0.05, 0) is 34.4 Å². The van der Waals surface area contributed by atoms with E-state index in [0.717, 1.165) is 27.1 Å². The lowest BCUT2D eigenvalue weighted by Crippen LogP contribution is -2.60. The Balaban J connectivity index is 1.31. The SMILES string of the molecule is c1ccc(COCC2OC(Sc3ccccc3)C(OCc3ccccc3)C(OCc3ccccc3)C2OCc2ccccc2)cc1. The van der Waals surface area contributed by atoms with E-state index >= 15 is 0 Å². The van der Waals surface area contributed by atoms with Crippen molar-refractivity contribution in [3.63, 3.8) is 0 Å². The Labute approximate surface area is 276 Å². The van der Waals surface area contributed by atoms with Crippen LogP contribution >= 0.6 is 11.8 Å². The Hall–Kier alpha value is -3.75. The zero-order valence-corrected chi connectivity index (χ0v) is 26.6. The van der Waals surface area contributed by atoms with Crippen molar-refractivity contribution in [2.45, 2.75) is 61.2 Å². The summed E-state index contributed by atoms with van der Waals surface area (Å²) in [5.74, 6) is 0. The summed E-state index contributed by atoms with van der Waals surface area (Å²) in [5.41, 5.74) is 3.99. The van der Waals surface area contributed by atoms with E-state index in [9.17, 15) is 0 Å². The van der Waals surface area contributed by atoms with Crippen molar-refractivity contribution in [2.75, 3.05) is 6.61 Å². The Kier molecular flexibility index (Phi) is 12.1. The van der Waals surface area contributed by atoms with Crippen LogP contribution in [-0.2, 0) is 50.1 Å². The molecule has 0 aliphatic carbocycles. The minimum atomic E-state index is -0.451. The van der Waals surface area contributed by atoms with Gasteiger partial charge < -0.3 is 23.7 Å². The standard InChI is InChI=1S/C40H40O5S/c1-6-16-31(17-7-1)26-41-30-36-37(42-27-32-18-8-2-9-19-32)38(43-28-33-20-10-3-11-21-33)39(44-29-34-22-12-4-13-23-34)40(45-36)46-35-24-14-5-15-25-35/h1-25,36-40H,26-30H2. The van der Waals surface area contributed by atoms with Gasteiger partial charge in [-0.15, -0.1) is 0 Å². The van der Waals surface area contributed by atoms with Crippen molar-refractivity contribution in [3.05, 3.63) is 174 Å². The van der Waals surface area contributed by atoms with Gasteiger partial charge in [0.15, 0.2) is 0 Å². The smallest absolute Gasteiger partial charge is 0.137 e. The van der Waals surface area contributed by atoms with Gasteiger partial charge >= 0.3 is 0 Å². The van der Waals surface area contributed by atoms with Gasteiger partial charge in [0, 0.05) is 4.90 Å². The van der Waals surface area contributed by atoms with Crippen LogP contribution in [0.15, 0.2) is 157 Å². The van der Waals surface area contributed by atoms with Gasteiger partial charge in [-0.2, -0.15) is 0 Å². The predicted molar refractivity (Wildman–Crippen MR) is 182 cm³/mol. The number of benzene rings is 5.